The number of aryl methyl sites for hydroxylation is 2. The van der Waals surface area contributed by atoms with Crippen LogP contribution in [0.4, 0.5) is 5.69 Å². The first kappa shape index (κ1) is 11.7. The Kier molecular flexibility index (Phi) is 3.06. The predicted octanol–water partition coefficient (Wildman–Crippen LogP) is 2.81. The Bertz CT molecular complexity index is 562. The highest BCUT2D eigenvalue weighted by atomic mass is 32.1. The minimum Gasteiger partial charge on any atom is -0.399 e. The molecule has 1 aliphatic rings. The SMILES string of the molecule is Cc1ncc(CNC2CCc3cc(N)ccc32)s1. The number of nitrogen functional groups attached to an aromatic ring is 1. The molecule has 1 heterocycles. The zero-order valence-electron chi connectivity index (χ0n) is 10.4. The average molecular weight is 259 g/mol. The Morgan fingerprint density at radius 3 is 3.17 bits per heavy atom. The fraction of sp³-hybridized carbons (Fsp3) is 0.357. The van der Waals surface area contributed by atoms with Crippen LogP contribution >= 0.6 is 11.3 Å². The maximum atomic E-state index is 5.82. The first-order valence-electron chi connectivity index (χ1n) is 6.25. The van der Waals surface area contributed by atoms with E-state index in [0.29, 0.717) is 6.04 Å². The van der Waals surface area contributed by atoms with Crippen molar-refractivity contribution in [2.45, 2.75) is 32.4 Å². The van der Waals surface area contributed by atoms with Gasteiger partial charge >= 0.3 is 0 Å². The summed E-state index contributed by atoms with van der Waals surface area (Å²) in [5.41, 5.74) is 9.49. The molecule has 94 valence electrons. The van der Waals surface area contributed by atoms with Crippen molar-refractivity contribution in [1.29, 1.82) is 0 Å². The van der Waals surface area contributed by atoms with Crippen LogP contribution in [0.1, 0.15) is 33.5 Å². The largest absolute Gasteiger partial charge is 0.399 e. The molecule has 1 unspecified atom stereocenters. The molecule has 0 saturated carbocycles. The molecule has 1 aromatic carbocycles. The third-order valence-electron chi connectivity index (χ3n) is 3.44. The maximum absolute atomic E-state index is 5.82. The van der Waals surface area contributed by atoms with Crippen molar-refractivity contribution in [1.82, 2.24) is 10.3 Å². The Morgan fingerprint density at radius 2 is 2.39 bits per heavy atom. The van der Waals surface area contributed by atoms with Crippen LogP contribution in [0.3, 0.4) is 0 Å². The number of benzene rings is 1. The van der Waals surface area contributed by atoms with Gasteiger partial charge in [-0.05, 0) is 43.0 Å². The van der Waals surface area contributed by atoms with Gasteiger partial charge in [-0.3, -0.25) is 0 Å². The molecule has 4 heteroatoms. The first-order chi connectivity index (χ1) is 8.72. The van der Waals surface area contributed by atoms with Gasteiger partial charge in [0.1, 0.15) is 0 Å². The third-order valence-corrected chi connectivity index (χ3v) is 4.35. The van der Waals surface area contributed by atoms with E-state index in [9.17, 15) is 0 Å². The van der Waals surface area contributed by atoms with E-state index < -0.39 is 0 Å². The Labute approximate surface area is 111 Å². The lowest BCUT2D eigenvalue weighted by Crippen LogP contribution is -2.18. The van der Waals surface area contributed by atoms with E-state index in [1.807, 2.05) is 19.2 Å². The molecular weight excluding hydrogens is 242 g/mol. The minimum atomic E-state index is 0.461. The van der Waals surface area contributed by atoms with Gasteiger partial charge in [0, 0.05) is 29.3 Å². The number of nitrogens with two attached hydrogens (primary N) is 1. The van der Waals surface area contributed by atoms with Crippen LogP contribution in [-0.4, -0.2) is 4.98 Å². The second-order valence-electron chi connectivity index (χ2n) is 4.78. The number of hydrogen-bond donors (Lipinski definition) is 2. The summed E-state index contributed by atoms with van der Waals surface area (Å²) in [4.78, 5) is 5.58. The van der Waals surface area contributed by atoms with Crippen molar-refractivity contribution in [2.75, 3.05) is 5.73 Å². The van der Waals surface area contributed by atoms with Crippen LogP contribution in [0.25, 0.3) is 0 Å². The fourth-order valence-corrected chi connectivity index (χ4v) is 3.31. The molecule has 18 heavy (non-hydrogen) atoms. The molecule has 2 aromatic rings. The van der Waals surface area contributed by atoms with Gasteiger partial charge in [-0.25, -0.2) is 4.98 Å². The van der Waals surface area contributed by atoms with E-state index in [-0.39, 0.29) is 0 Å². The molecule has 0 radical (unpaired) electrons. The second-order valence-corrected chi connectivity index (χ2v) is 6.10. The molecule has 1 aromatic heterocycles. The number of hydrogen-bond acceptors (Lipinski definition) is 4. The van der Waals surface area contributed by atoms with Gasteiger partial charge in [0.25, 0.3) is 0 Å². The summed E-state index contributed by atoms with van der Waals surface area (Å²) >= 11 is 1.76. The summed E-state index contributed by atoms with van der Waals surface area (Å²) in [6, 6.07) is 6.72. The third kappa shape index (κ3) is 2.26. The monoisotopic (exact) mass is 259 g/mol. The van der Waals surface area contributed by atoms with Gasteiger partial charge in [-0.15, -0.1) is 11.3 Å². The quantitative estimate of drug-likeness (QED) is 0.833. The highest BCUT2D eigenvalue weighted by Crippen LogP contribution is 2.32. The highest BCUT2D eigenvalue weighted by Gasteiger charge is 2.21. The summed E-state index contributed by atoms with van der Waals surface area (Å²) in [6.07, 6.45) is 4.25. The van der Waals surface area contributed by atoms with E-state index in [2.05, 4.69) is 22.4 Å². The van der Waals surface area contributed by atoms with Crippen LogP contribution < -0.4 is 11.1 Å². The van der Waals surface area contributed by atoms with Gasteiger partial charge < -0.3 is 11.1 Å². The summed E-state index contributed by atoms with van der Waals surface area (Å²) in [5, 5.41) is 4.75. The molecule has 1 aliphatic carbocycles. The van der Waals surface area contributed by atoms with E-state index in [4.69, 9.17) is 5.73 Å². The predicted molar refractivity (Wildman–Crippen MR) is 75.6 cm³/mol. The van der Waals surface area contributed by atoms with Gasteiger partial charge in [-0.2, -0.15) is 0 Å². The summed E-state index contributed by atoms with van der Waals surface area (Å²) in [5.74, 6) is 0. The van der Waals surface area contributed by atoms with Crippen molar-refractivity contribution in [3.8, 4) is 0 Å². The number of rotatable bonds is 3. The van der Waals surface area contributed by atoms with Gasteiger partial charge in [0.2, 0.25) is 0 Å². The number of anilines is 1. The summed E-state index contributed by atoms with van der Waals surface area (Å²) in [6.45, 7) is 2.95. The van der Waals surface area contributed by atoms with Crippen molar-refractivity contribution in [2.24, 2.45) is 0 Å². The molecular formula is C14H17N3S. The van der Waals surface area contributed by atoms with Crippen LogP contribution in [0.2, 0.25) is 0 Å². The smallest absolute Gasteiger partial charge is 0.0897 e. The van der Waals surface area contributed by atoms with Gasteiger partial charge in [-0.1, -0.05) is 6.07 Å². The molecule has 3 nitrogen and oxygen atoms in total. The van der Waals surface area contributed by atoms with Crippen molar-refractivity contribution in [3.63, 3.8) is 0 Å². The van der Waals surface area contributed by atoms with E-state index in [0.717, 1.165) is 30.1 Å². The zero-order valence-corrected chi connectivity index (χ0v) is 11.3. The number of fused-ring (bicyclic) bond motifs is 1. The summed E-state index contributed by atoms with van der Waals surface area (Å²) in [7, 11) is 0. The van der Waals surface area contributed by atoms with Crippen LogP contribution in [0.5, 0.6) is 0 Å². The Balaban J connectivity index is 1.69. The molecule has 0 spiro atoms. The van der Waals surface area contributed by atoms with Crippen LogP contribution in [-0.2, 0) is 13.0 Å². The summed E-state index contributed by atoms with van der Waals surface area (Å²) < 4.78 is 0. The lowest BCUT2D eigenvalue weighted by Gasteiger charge is -2.13. The number of nitrogens with one attached hydrogen (secondary N) is 1. The number of nitrogens with zero attached hydrogens (tertiary/aromatic N) is 1. The lowest BCUT2D eigenvalue weighted by molar-refractivity contribution is 0.533. The minimum absolute atomic E-state index is 0.461. The molecule has 3 rings (SSSR count). The van der Waals surface area contributed by atoms with Crippen LogP contribution in [0.15, 0.2) is 24.4 Å². The van der Waals surface area contributed by atoms with E-state index in [1.165, 1.54) is 16.0 Å². The van der Waals surface area contributed by atoms with Crippen molar-refractivity contribution < 1.29 is 0 Å². The van der Waals surface area contributed by atoms with E-state index in [1.54, 1.807) is 11.3 Å². The first-order valence-corrected chi connectivity index (χ1v) is 7.07. The standard InChI is InChI=1S/C14H17N3S/c1-9-16-7-12(18-9)8-17-14-5-2-10-6-11(15)3-4-13(10)14/h3-4,6-7,14,17H,2,5,8,15H2,1H3. The van der Waals surface area contributed by atoms with Crippen molar-refractivity contribution >= 4 is 17.0 Å². The van der Waals surface area contributed by atoms with E-state index >= 15 is 0 Å². The highest BCUT2D eigenvalue weighted by molar-refractivity contribution is 7.11. The topological polar surface area (TPSA) is 50.9 Å². The Hall–Kier alpha value is -1.39. The molecule has 0 saturated heterocycles. The number of aromatic nitrogens is 1. The molecule has 0 amide bonds. The lowest BCUT2D eigenvalue weighted by atomic mass is 10.1. The normalized spacial score (nSPS) is 17.9. The molecule has 0 aliphatic heterocycles. The fourth-order valence-electron chi connectivity index (χ4n) is 2.56. The van der Waals surface area contributed by atoms with Crippen molar-refractivity contribution in [3.05, 3.63) is 45.4 Å². The second kappa shape index (κ2) is 4.71. The molecule has 0 fully saturated rings. The van der Waals surface area contributed by atoms with Gasteiger partial charge in [0.05, 0.1) is 5.01 Å². The molecule has 1 atom stereocenters. The van der Waals surface area contributed by atoms with Crippen LogP contribution in [0, 0.1) is 6.92 Å². The molecule has 3 N–H and O–H groups in total. The maximum Gasteiger partial charge on any atom is 0.0897 e. The van der Waals surface area contributed by atoms with Gasteiger partial charge in [0.15, 0.2) is 0 Å². The average Bonchev–Trinajstić information content (AvgIpc) is 2.92. The Morgan fingerprint density at radius 1 is 1.50 bits per heavy atom. The molecule has 0 bridgehead atoms. The zero-order chi connectivity index (χ0) is 12.5. The number of thiazole rings is 1.